The molecular formula is C20H15ClN4O5S. The molecule has 0 spiro atoms. The van der Waals surface area contributed by atoms with Gasteiger partial charge in [0.15, 0.2) is 0 Å². The number of sulfonamides is 1. The van der Waals surface area contributed by atoms with Gasteiger partial charge >= 0.3 is 0 Å². The normalized spacial score (nSPS) is 11.3. The van der Waals surface area contributed by atoms with Crippen molar-refractivity contribution in [2.45, 2.75) is 4.90 Å². The van der Waals surface area contributed by atoms with E-state index in [2.05, 4.69) is 15.2 Å². The third-order valence-electron chi connectivity index (χ3n) is 4.00. The van der Waals surface area contributed by atoms with E-state index in [9.17, 15) is 23.3 Å². The number of non-ortho nitro benzene ring substituents is 1. The molecule has 0 aromatic heterocycles. The van der Waals surface area contributed by atoms with Crippen molar-refractivity contribution in [1.29, 1.82) is 0 Å². The minimum atomic E-state index is -3.95. The van der Waals surface area contributed by atoms with Crippen LogP contribution >= 0.6 is 11.6 Å². The number of carbonyl (C=O) groups excluding carboxylic acids is 1. The number of nitro benzene ring substituents is 1. The van der Waals surface area contributed by atoms with Crippen LogP contribution in [0.5, 0.6) is 0 Å². The van der Waals surface area contributed by atoms with Crippen LogP contribution in [0.15, 0.2) is 82.8 Å². The lowest BCUT2D eigenvalue weighted by Crippen LogP contribution is -2.21. The molecule has 0 saturated heterocycles. The maximum Gasteiger partial charge on any atom is 0.273 e. The number of nitrogens with zero attached hydrogens (tertiary/aromatic N) is 2. The van der Waals surface area contributed by atoms with Gasteiger partial charge in [0, 0.05) is 22.7 Å². The van der Waals surface area contributed by atoms with Gasteiger partial charge < -0.3 is 0 Å². The summed E-state index contributed by atoms with van der Waals surface area (Å²) in [6.45, 7) is 0. The molecular weight excluding hydrogens is 444 g/mol. The van der Waals surface area contributed by atoms with E-state index >= 15 is 0 Å². The van der Waals surface area contributed by atoms with E-state index in [1.807, 2.05) is 0 Å². The van der Waals surface area contributed by atoms with Crippen molar-refractivity contribution in [1.82, 2.24) is 5.43 Å². The fraction of sp³-hybridized carbons (Fsp3) is 0. The van der Waals surface area contributed by atoms with Crippen molar-refractivity contribution in [2.75, 3.05) is 4.72 Å². The van der Waals surface area contributed by atoms with Gasteiger partial charge in [-0.1, -0.05) is 35.9 Å². The second-order valence-electron chi connectivity index (χ2n) is 6.16. The van der Waals surface area contributed by atoms with Gasteiger partial charge in [-0.2, -0.15) is 5.10 Å². The smallest absolute Gasteiger partial charge is 0.273 e. The summed E-state index contributed by atoms with van der Waals surface area (Å²) in [5, 5.41) is 15.0. The first-order chi connectivity index (χ1) is 14.8. The zero-order valence-electron chi connectivity index (χ0n) is 15.7. The summed E-state index contributed by atoms with van der Waals surface area (Å²) in [4.78, 5) is 22.8. The molecule has 0 saturated carbocycles. The molecule has 0 aliphatic rings. The summed E-state index contributed by atoms with van der Waals surface area (Å²) >= 11 is 5.79. The molecule has 0 unspecified atom stereocenters. The molecule has 158 valence electrons. The van der Waals surface area contributed by atoms with Crippen LogP contribution in [-0.2, 0) is 10.0 Å². The van der Waals surface area contributed by atoms with Gasteiger partial charge in [-0.15, -0.1) is 0 Å². The average Bonchev–Trinajstić information content (AvgIpc) is 2.74. The lowest BCUT2D eigenvalue weighted by molar-refractivity contribution is -0.384. The quantitative estimate of drug-likeness (QED) is 0.315. The van der Waals surface area contributed by atoms with Crippen molar-refractivity contribution in [2.24, 2.45) is 5.10 Å². The van der Waals surface area contributed by atoms with Crippen molar-refractivity contribution in [3.8, 4) is 0 Å². The van der Waals surface area contributed by atoms with Gasteiger partial charge in [-0.05, 0) is 36.4 Å². The first kappa shape index (κ1) is 21.9. The summed E-state index contributed by atoms with van der Waals surface area (Å²) in [6.07, 6.45) is 1.24. The lowest BCUT2D eigenvalue weighted by atomic mass is 10.2. The third-order valence-corrected chi connectivity index (χ3v) is 5.63. The highest BCUT2D eigenvalue weighted by atomic mass is 35.5. The number of hydrogen-bond acceptors (Lipinski definition) is 6. The van der Waals surface area contributed by atoms with Gasteiger partial charge in [0.2, 0.25) is 0 Å². The van der Waals surface area contributed by atoms with Crippen LogP contribution in [0.4, 0.5) is 11.4 Å². The number of benzene rings is 3. The molecule has 2 N–H and O–H groups in total. The number of amides is 1. The Balaban J connectivity index is 1.76. The first-order valence-electron chi connectivity index (χ1n) is 8.71. The molecule has 1 amide bonds. The predicted octanol–water partition coefficient (Wildman–Crippen LogP) is 3.81. The van der Waals surface area contributed by atoms with Gasteiger partial charge in [-0.25, -0.2) is 13.8 Å². The van der Waals surface area contributed by atoms with E-state index in [0.29, 0.717) is 10.6 Å². The summed E-state index contributed by atoms with van der Waals surface area (Å²) < 4.78 is 27.6. The molecule has 3 rings (SSSR count). The Hall–Kier alpha value is -3.76. The van der Waals surface area contributed by atoms with Gasteiger partial charge in [-0.3, -0.25) is 19.6 Å². The number of hydrogen-bond donors (Lipinski definition) is 2. The number of anilines is 1. The standard InChI is InChI=1S/C20H15ClN4O5S/c21-15-8-10-17(11-9-15)31(29,30)24-19-7-2-1-6-18(19)20(26)23-22-13-14-4-3-5-16(12-14)25(27)28/h1-13,24H,(H,23,26)/b22-13+. The van der Waals surface area contributed by atoms with Crippen molar-refractivity contribution in [3.05, 3.63) is 99.1 Å². The number of para-hydroxylation sites is 1. The lowest BCUT2D eigenvalue weighted by Gasteiger charge is -2.11. The Bertz CT molecular complexity index is 1260. The molecule has 0 aliphatic heterocycles. The van der Waals surface area contributed by atoms with E-state index in [1.54, 1.807) is 18.2 Å². The molecule has 3 aromatic rings. The molecule has 0 fully saturated rings. The van der Waals surface area contributed by atoms with Crippen LogP contribution in [0, 0.1) is 10.1 Å². The van der Waals surface area contributed by atoms with Crippen molar-refractivity contribution >= 4 is 45.1 Å². The fourth-order valence-corrected chi connectivity index (χ4v) is 3.74. The summed E-state index contributed by atoms with van der Waals surface area (Å²) in [5.74, 6) is -0.670. The Kier molecular flexibility index (Phi) is 6.63. The minimum absolute atomic E-state index is 0.0178. The van der Waals surface area contributed by atoms with E-state index in [0.717, 1.165) is 0 Å². The molecule has 31 heavy (non-hydrogen) atoms. The zero-order valence-corrected chi connectivity index (χ0v) is 17.3. The van der Waals surface area contributed by atoms with Gasteiger partial charge in [0.25, 0.3) is 21.6 Å². The molecule has 11 heteroatoms. The third kappa shape index (κ3) is 5.65. The Labute approximate surface area is 182 Å². The second-order valence-corrected chi connectivity index (χ2v) is 8.28. The minimum Gasteiger partial charge on any atom is -0.279 e. The fourth-order valence-electron chi connectivity index (χ4n) is 2.53. The molecule has 0 aliphatic carbocycles. The average molecular weight is 459 g/mol. The number of rotatable bonds is 7. The molecule has 0 heterocycles. The number of hydrazone groups is 1. The number of halogens is 1. The second kappa shape index (κ2) is 9.37. The molecule has 0 radical (unpaired) electrons. The Morgan fingerprint density at radius 1 is 1.03 bits per heavy atom. The van der Waals surface area contributed by atoms with E-state index in [4.69, 9.17) is 11.6 Å². The first-order valence-corrected chi connectivity index (χ1v) is 10.6. The molecule has 0 bridgehead atoms. The maximum atomic E-state index is 12.6. The van der Waals surface area contributed by atoms with Crippen LogP contribution in [0.25, 0.3) is 0 Å². The Morgan fingerprint density at radius 2 is 1.74 bits per heavy atom. The van der Waals surface area contributed by atoms with Crippen LogP contribution in [0.1, 0.15) is 15.9 Å². The molecule has 0 atom stereocenters. The number of nitro groups is 1. The van der Waals surface area contributed by atoms with Crippen molar-refractivity contribution < 1.29 is 18.1 Å². The largest absolute Gasteiger partial charge is 0.279 e. The predicted molar refractivity (Wildman–Crippen MR) is 117 cm³/mol. The summed E-state index contributed by atoms with van der Waals surface area (Å²) in [7, 11) is -3.95. The Morgan fingerprint density at radius 3 is 2.45 bits per heavy atom. The summed E-state index contributed by atoms with van der Waals surface area (Å²) in [6, 6.07) is 17.3. The zero-order chi connectivity index (χ0) is 22.4. The van der Waals surface area contributed by atoms with Crippen LogP contribution in [0.3, 0.4) is 0 Å². The summed E-state index contributed by atoms with van der Waals surface area (Å²) in [5.41, 5.74) is 2.67. The highest BCUT2D eigenvalue weighted by molar-refractivity contribution is 7.92. The van der Waals surface area contributed by atoms with Crippen LogP contribution < -0.4 is 10.1 Å². The topological polar surface area (TPSA) is 131 Å². The van der Waals surface area contributed by atoms with Crippen LogP contribution in [0.2, 0.25) is 5.02 Å². The van der Waals surface area contributed by atoms with E-state index in [1.165, 1.54) is 60.8 Å². The monoisotopic (exact) mass is 458 g/mol. The van der Waals surface area contributed by atoms with Gasteiger partial charge in [0.05, 0.1) is 27.3 Å². The molecule has 3 aromatic carbocycles. The van der Waals surface area contributed by atoms with E-state index in [-0.39, 0.29) is 21.8 Å². The van der Waals surface area contributed by atoms with Crippen LogP contribution in [-0.4, -0.2) is 25.5 Å². The highest BCUT2D eigenvalue weighted by Crippen LogP contribution is 2.21. The highest BCUT2D eigenvalue weighted by Gasteiger charge is 2.18. The molecule has 9 nitrogen and oxygen atoms in total. The maximum absolute atomic E-state index is 12.6. The van der Waals surface area contributed by atoms with Gasteiger partial charge in [0.1, 0.15) is 0 Å². The van der Waals surface area contributed by atoms with E-state index < -0.39 is 20.9 Å². The SMILES string of the molecule is O=C(N/N=C/c1cccc([N+](=O)[O-])c1)c1ccccc1NS(=O)(=O)c1ccc(Cl)cc1. The number of nitrogens with one attached hydrogen (secondary N) is 2. The van der Waals surface area contributed by atoms with Crippen molar-refractivity contribution in [3.63, 3.8) is 0 Å². The number of carbonyl (C=O) groups is 1.